The van der Waals surface area contributed by atoms with Crippen LogP contribution in [0.3, 0.4) is 0 Å². The Morgan fingerprint density at radius 3 is 3.14 bits per heavy atom. The van der Waals surface area contributed by atoms with Gasteiger partial charge in [0.2, 0.25) is 0 Å². The summed E-state index contributed by atoms with van der Waals surface area (Å²) in [6, 6.07) is 3.84. The molecule has 0 bridgehead atoms. The molecule has 0 radical (unpaired) electrons. The Labute approximate surface area is 88.5 Å². The highest BCUT2D eigenvalue weighted by molar-refractivity contribution is 7.12. The first-order valence-corrected chi connectivity index (χ1v) is 5.98. The third-order valence-electron chi connectivity index (χ3n) is 2.68. The highest BCUT2D eigenvalue weighted by Gasteiger charge is 2.22. The van der Waals surface area contributed by atoms with Gasteiger partial charge in [0.15, 0.2) is 0 Å². The van der Waals surface area contributed by atoms with Crippen molar-refractivity contribution in [1.82, 2.24) is 4.90 Å². The summed E-state index contributed by atoms with van der Waals surface area (Å²) >= 11 is 1.53. The normalized spacial score (nSPS) is 22.4. The van der Waals surface area contributed by atoms with Crippen LogP contribution in [-0.2, 0) is 0 Å². The quantitative estimate of drug-likeness (QED) is 0.696. The van der Waals surface area contributed by atoms with E-state index < -0.39 is 0 Å². The van der Waals surface area contributed by atoms with Crippen LogP contribution in [0.2, 0.25) is 0 Å². The fraction of sp³-hybridized carbons (Fsp3) is 0.545. The molecule has 0 spiro atoms. The molecule has 1 aliphatic rings. The molecule has 2 nitrogen and oxygen atoms in total. The second-order valence-corrected chi connectivity index (χ2v) is 4.92. The molecule has 1 unspecified atom stereocenters. The number of likely N-dealkylation sites (tertiary alicyclic amines) is 1. The number of carbonyl (C=O) groups excluding carboxylic acids is 1. The zero-order chi connectivity index (χ0) is 9.97. The topological polar surface area (TPSA) is 20.3 Å². The molecule has 14 heavy (non-hydrogen) atoms. The van der Waals surface area contributed by atoms with Crippen molar-refractivity contribution in [1.29, 1.82) is 0 Å². The number of carbonyl (C=O) groups is 1. The van der Waals surface area contributed by atoms with E-state index in [-0.39, 0.29) is 5.91 Å². The first-order valence-electron chi connectivity index (χ1n) is 5.10. The van der Waals surface area contributed by atoms with E-state index in [1.54, 1.807) is 0 Å². The van der Waals surface area contributed by atoms with Crippen LogP contribution in [0.4, 0.5) is 0 Å². The summed E-state index contributed by atoms with van der Waals surface area (Å²) in [5.74, 6) is 0.874. The largest absolute Gasteiger partial charge is 0.338 e. The van der Waals surface area contributed by atoms with Gasteiger partial charge in [0.25, 0.3) is 5.91 Å². The summed E-state index contributed by atoms with van der Waals surface area (Å²) < 4.78 is 0. The molecule has 0 aliphatic carbocycles. The van der Waals surface area contributed by atoms with Crippen molar-refractivity contribution in [3.63, 3.8) is 0 Å². The van der Waals surface area contributed by atoms with Crippen molar-refractivity contribution in [2.45, 2.75) is 19.8 Å². The van der Waals surface area contributed by atoms with Crippen LogP contribution in [0.15, 0.2) is 17.5 Å². The molecule has 0 saturated carbocycles. The SMILES string of the molecule is CC1CCCN(C(=O)c2cccs2)C1. The van der Waals surface area contributed by atoms with Crippen LogP contribution in [0.1, 0.15) is 29.4 Å². The fourth-order valence-corrected chi connectivity index (χ4v) is 2.62. The summed E-state index contributed by atoms with van der Waals surface area (Å²) in [4.78, 5) is 14.8. The minimum atomic E-state index is 0.214. The zero-order valence-corrected chi connectivity index (χ0v) is 9.22. The summed E-state index contributed by atoms with van der Waals surface area (Å²) in [5.41, 5.74) is 0. The van der Waals surface area contributed by atoms with E-state index in [4.69, 9.17) is 0 Å². The maximum absolute atomic E-state index is 11.9. The van der Waals surface area contributed by atoms with Crippen molar-refractivity contribution >= 4 is 17.2 Å². The van der Waals surface area contributed by atoms with Crippen LogP contribution in [0.25, 0.3) is 0 Å². The summed E-state index contributed by atoms with van der Waals surface area (Å²) in [7, 11) is 0. The van der Waals surface area contributed by atoms with Crippen molar-refractivity contribution in [2.75, 3.05) is 13.1 Å². The Morgan fingerprint density at radius 2 is 2.50 bits per heavy atom. The molecular formula is C11H15NOS. The number of thiophene rings is 1. The van der Waals surface area contributed by atoms with Crippen molar-refractivity contribution in [3.8, 4) is 0 Å². The van der Waals surface area contributed by atoms with Crippen LogP contribution in [-0.4, -0.2) is 23.9 Å². The maximum Gasteiger partial charge on any atom is 0.263 e. The Morgan fingerprint density at radius 1 is 1.64 bits per heavy atom. The van der Waals surface area contributed by atoms with Crippen molar-refractivity contribution in [3.05, 3.63) is 22.4 Å². The average molecular weight is 209 g/mol. The number of rotatable bonds is 1. The fourth-order valence-electron chi connectivity index (χ4n) is 1.93. The van der Waals surface area contributed by atoms with Gasteiger partial charge in [-0.2, -0.15) is 0 Å². The summed E-state index contributed by atoms with van der Waals surface area (Å²) in [6.45, 7) is 4.08. The average Bonchev–Trinajstić information content (AvgIpc) is 2.69. The second kappa shape index (κ2) is 4.13. The number of hydrogen-bond donors (Lipinski definition) is 0. The number of amides is 1. The number of nitrogens with zero attached hydrogens (tertiary/aromatic N) is 1. The van der Waals surface area contributed by atoms with Crippen LogP contribution >= 0.6 is 11.3 Å². The highest BCUT2D eigenvalue weighted by Crippen LogP contribution is 2.19. The Kier molecular flexibility index (Phi) is 2.87. The minimum absolute atomic E-state index is 0.214. The molecule has 1 saturated heterocycles. The van der Waals surface area contributed by atoms with Gasteiger partial charge in [0, 0.05) is 13.1 Å². The monoisotopic (exact) mass is 209 g/mol. The number of piperidine rings is 1. The Balaban J connectivity index is 2.04. The van der Waals surface area contributed by atoms with E-state index in [0.29, 0.717) is 5.92 Å². The van der Waals surface area contributed by atoms with E-state index >= 15 is 0 Å². The molecule has 1 atom stereocenters. The molecule has 1 fully saturated rings. The van der Waals surface area contributed by atoms with Gasteiger partial charge in [-0.1, -0.05) is 13.0 Å². The summed E-state index contributed by atoms with van der Waals surface area (Å²) in [5, 5.41) is 1.96. The predicted octanol–water partition coefficient (Wildman–Crippen LogP) is 2.62. The van der Waals surface area contributed by atoms with E-state index in [9.17, 15) is 4.79 Å². The molecule has 1 aromatic heterocycles. The first kappa shape index (κ1) is 9.71. The van der Waals surface area contributed by atoms with Gasteiger partial charge in [0.1, 0.15) is 0 Å². The number of hydrogen-bond acceptors (Lipinski definition) is 2. The van der Waals surface area contributed by atoms with Gasteiger partial charge < -0.3 is 4.90 Å². The molecule has 0 N–H and O–H groups in total. The van der Waals surface area contributed by atoms with E-state index in [1.165, 1.54) is 17.8 Å². The maximum atomic E-state index is 11.9. The molecule has 1 aliphatic heterocycles. The molecular weight excluding hydrogens is 194 g/mol. The van der Waals surface area contributed by atoms with E-state index in [1.807, 2.05) is 22.4 Å². The van der Waals surface area contributed by atoms with Gasteiger partial charge in [-0.3, -0.25) is 4.79 Å². The van der Waals surface area contributed by atoms with Gasteiger partial charge in [-0.15, -0.1) is 11.3 Å². The van der Waals surface area contributed by atoms with Crippen LogP contribution in [0, 0.1) is 5.92 Å². The third-order valence-corrected chi connectivity index (χ3v) is 3.53. The second-order valence-electron chi connectivity index (χ2n) is 3.98. The van der Waals surface area contributed by atoms with E-state index in [2.05, 4.69) is 6.92 Å². The first-order chi connectivity index (χ1) is 6.77. The molecule has 1 aromatic rings. The van der Waals surface area contributed by atoms with Gasteiger partial charge in [-0.25, -0.2) is 0 Å². The standard InChI is InChI=1S/C11H15NOS/c1-9-4-2-6-12(8-9)11(13)10-5-3-7-14-10/h3,5,7,9H,2,4,6,8H2,1H3. The molecule has 3 heteroatoms. The van der Waals surface area contributed by atoms with Crippen LogP contribution in [0.5, 0.6) is 0 Å². The third kappa shape index (κ3) is 1.98. The van der Waals surface area contributed by atoms with Crippen LogP contribution < -0.4 is 0 Å². The van der Waals surface area contributed by atoms with Crippen molar-refractivity contribution in [2.24, 2.45) is 5.92 Å². The van der Waals surface area contributed by atoms with Gasteiger partial charge >= 0.3 is 0 Å². The molecule has 2 rings (SSSR count). The molecule has 0 aromatic carbocycles. The Bertz CT molecular complexity index is 307. The van der Waals surface area contributed by atoms with Crippen molar-refractivity contribution < 1.29 is 4.79 Å². The predicted molar refractivity (Wildman–Crippen MR) is 58.6 cm³/mol. The van der Waals surface area contributed by atoms with Gasteiger partial charge in [-0.05, 0) is 30.2 Å². The minimum Gasteiger partial charge on any atom is -0.338 e. The highest BCUT2D eigenvalue weighted by atomic mass is 32.1. The van der Waals surface area contributed by atoms with Gasteiger partial charge in [0.05, 0.1) is 4.88 Å². The summed E-state index contributed by atoms with van der Waals surface area (Å²) in [6.07, 6.45) is 2.41. The lowest BCUT2D eigenvalue weighted by Crippen LogP contribution is -2.38. The lowest BCUT2D eigenvalue weighted by Gasteiger charge is -2.30. The lowest BCUT2D eigenvalue weighted by molar-refractivity contribution is 0.0688. The molecule has 2 heterocycles. The Hall–Kier alpha value is -0.830. The van der Waals surface area contributed by atoms with E-state index in [0.717, 1.165) is 24.4 Å². The smallest absolute Gasteiger partial charge is 0.263 e. The molecule has 76 valence electrons. The molecule has 1 amide bonds. The zero-order valence-electron chi connectivity index (χ0n) is 8.40. The lowest BCUT2D eigenvalue weighted by atomic mass is 10.0.